The molecule has 1 aliphatic carbocycles. The van der Waals surface area contributed by atoms with Gasteiger partial charge in [-0.2, -0.15) is 5.10 Å². The standard InChI is InChI=1S/C20H26N4O/c1-24(13-18-11-19(23-22-18)15-6-7-15)20(25)16-8-4-14(5-9-16)17-3-2-10-21-12-17/h4-5,8-9,11,15,17,21H,2-3,6-7,10,12-13H2,1H3,(H,22,23)/t17-/m0/s1. The third kappa shape index (κ3) is 3.76. The van der Waals surface area contributed by atoms with Crippen molar-refractivity contribution in [2.75, 3.05) is 20.1 Å². The summed E-state index contributed by atoms with van der Waals surface area (Å²) < 4.78 is 0. The summed E-state index contributed by atoms with van der Waals surface area (Å²) in [5.74, 6) is 1.25. The number of carbonyl (C=O) groups is 1. The second-order valence-electron chi connectivity index (χ2n) is 7.42. The number of amides is 1. The maximum atomic E-state index is 12.7. The van der Waals surface area contributed by atoms with Crippen LogP contribution in [0.3, 0.4) is 0 Å². The van der Waals surface area contributed by atoms with Crippen LogP contribution in [0.1, 0.15) is 64.8 Å². The van der Waals surface area contributed by atoms with Gasteiger partial charge in [0.15, 0.2) is 0 Å². The van der Waals surface area contributed by atoms with E-state index in [1.165, 1.54) is 31.2 Å². The van der Waals surface area contributed by atoms with E-state index in [4.69, 9.17) is 0 Å². The smallest absolute Gasteiger partial charge is 0.253 e. The summed E-state index contributed by atoms with van der Waals surface area (Å²) in [6.07, 6.45) is 4.92. The molecular weight excluding hydrogens is 312 g/mol. The van der Waals surface area contributed by atoms with E-state index in [2.05, 4.69) is 33.7 Å². The number of H-pyrrole nitrogens is 1. The number of hydrogen-bond acceptors (Lipinski definition) is 3. The van der Waals surface area contributed by atoms with Crippen molar-refractivity contribution in [1.29, 1.82) is 0 Å². The number of nitrogens with zero attached hydrogens (tertiary/aromatic N) is 2. The van der Waals surface area contributed by atoms with Crippen LogP contribution in [0, 0.1) is 0 Å². The Morgan fingerprint density at radius 1 is 1.20 bits per heavy atom. The Hall–Kier alpha value is -2.14. The molecule has 4 rings (SSSR count). The number of aromatic nitrogens is 2. The fraction of sp³-hybridized carbons (Fsp3) is 0.500. The second kappa shape index (κ2) is 7.00. The van der Waals surface area contributed by atoms with Gasteiger partial charge in [0.2, 0.25) is 0 Å². The van der Waals surface area contributed by atoms with Crippen LogP contribution in [0.25, 0.3) is 0 Å². The Morgan fingerprint density at radius 3 is 2.68 bits per heavy atom. The summed E-state index contributed by atoms with van der Waals surface area (Å²) in [7, 11) is 1.85. The summed E-state index contributed by atoms with van der Waals surface area (Å²) in [4.78, 5) is 14.4. The molecule has 1 amide bonds. The fourth-order valence-electron chi connectivity index (χ4n) is 3.63. The average molecular weight is 338 g/mol. The van der Waals surface area contributed by atoms with Crippen LogP contribution >= 0.6 is 0 Å². The first-order valence-electron chi connectivity index (χ1n) is 9.31. The Balaban J connectivity index is 1.38. The first-order chi connectivity index (χ1) is 12.2. The van der Waals surface area contributed by atoms with Crippen LogP contribution in [0.4, 0.5) is 0 Å². The number of hydrogen-bond donors (Lipinski definition) is 2. The van der Waals surface area contributed by atoms with E-state index in [-0.39, 0.29) is 5.91 Å². The largest absolute Gasteiger partial charge is 0.336 e. The number of nitrogens with one attached hydrogen (secondary N) is 2. The molecule has 132 valence electrons. The monoisotopic (exact) mass is 338 g/mol. The van der Waals surface area contributed by atoms with Gasteiger partial charge in [-0.25, -0.2) is 0 Å². The molecule has 5 heteroatoms. The van der Waals surface area contributed by atoms with Gasteiger partial charge in [0.1, 0.15) is 0 Å². The molecule has 1 aliphatic heterocycles. The topological polar surface area (TPSA) is 61.0 Å². The zero-order chi connectivity index (χ0) is 17.2. The Bertz CT molecular complexity index is 726. The van der Waals surface area contributed by atoms with Crippen molar-refractivity contribution in [3.05, 3.63) is 52.8 Å². The summed E-state index contributed by atoms with van der Waals surface area (Å²) in [6.45, 7) is 2.72. The van der Waals surface area contributed by atoms with E-state index in [1.807, 2.05) is 19.2 Å². The van der Waals surface area contributed by atoms with E-state index >= 15 is 0 Å². The molecule has 0 bridgehead atoms. The van der Waals surface area contributed by atoms with Gasteiger partial charge < -0.3 is 10.2 Å². The van der Waals surface area contributed by atoms with Crippen molar-refractivity contribution in [3.8, 4) is 0 Å². The quantitative estimate of drug-likeness (QED) is 0.881. The molecule has 5 nitrogen and oxygen atoms in total. The minimum atomic E-state index is 0.0518. The van der Waals surface area contributed by atoms with Gasteiger partial charge >= 0.3 is 0 Å². The predicted molar refractivity (Wildman–Crippen MR) is 97.6 cm³/mol. The van der Waals surface area contributed by atoms with Crippen molar-refractivity contribution in [2.45, 2.75) is 44.1 Å². The normalized spacial score (nSPS) is 20.4. The Kier molecular flexibility index (Phi) is 4.57. The van der Waals surface area contributed by atoms with Crippen LogP contribution in [-0.4, -0.2) is 41.1 Å². The molecule has 2 aliphatic rings. The first-order valence-corrected chi connectivity index (χ1v) is 9.31. The third-order valence-corrected chi connectivity index (χ3v) is 5.33. The Morgan fingerprint density at radius 2 is 2.00 bits per heavy atom. The molecule has 1 saturated heterocycles. The molecule has 2 N–H and O–H groups in total. The molecule has 1 saturated carbocycles. The summed E-state index contributed by atoms with van der Waals surface area (Å²) >= 11 is 0. The van der Waals surface area contributed by atoms with Crippen LogP contribution in [-0.2, 0) is 6.54 Å². The molecule has 1 aromatic carbocycles. The molecule has 1 aromatic heterocycles. The summed E-state index contributed by atoms with van der Waals surface area (Å²) in [5, 5.41) is 10.9. The first kappa shape index (κ1) is 16.3. The third-order valence-electron chi connectivity index (χ3n) is 5.33. The van der Waals surface area contributed by atoms with Crippen molar-refractivity contribution >= 4 is 5.91 Å². The van der Waals surface area contributed by atoms with E-state index in [0.717, 1.165) is 30.0 Å². The average Bonchev–Trinajstić information content (AvgIpc) is 3.41. The van der Waals surface area contributed by atoms with E-state index in [1.54, 1.807) is 4.90 Å². The van der Waals surface area contributed by atoms with Crippen molar-refractivity contribution < 1.29 is 4.79 Å². The number of aromatic amines is 1. The lowest BCUT2D eigenvalue weighted by Gasteiger charge is -2.23. The molecular formula is C20H26N4O. The van der Waals surface area contributed by atoms with Gasteiger partial charge in [-0.1, -0.05) is 12.1 Å². The van der Waals surface area contributed by atoms with E-state index in [0.29, 0.717) is 18.4 Å². The summed E-state index contributed by atoms with van der Waals surface area (Å²) in [6, 6.07) is 10.2. The van der Waals surface area contributed by atoms with Gasteiger partial charge in [0.25, 0.3) is 5.91 Å². The predicted octanol–water partition coefficient (Wildman–Crippen LogP) is 3.03. The highest BCUT2D eigenvalue weighted by Gasteiger charge is 2.26. The van der Waals surface area contributed by atoms with Crippen LogP contribution in [0.5, 0.6) is 0 Å². The highest BCUT2D eigenvalue weighted by molar-refractivity contribution is 5.94. The fourth-order valence-corrected chi connectivity index (χ4v) is 3.63. The van der Waals surface area contributed by atoms with Crippen molar-refractivity contribution in [1.82, 2.24) is 20.4 Å². The molecule has 0 unspecified atom stereocenters. The molecule has 2 fully saturated rings. The zero-order valence-electron chi connectivity index (χ0n) is 14.8. The lowest BCUT2D eigenvalue weighted by Crippen LogP contribution is -2.28. The van der Waals surface area contributed by atoms with Gasteiger partial charge in [-0.3, -0.25) is 9.89 Å². The SMILES string of the molecule is CN(Cc1cc(C2CC2)n[nH]1)C(=O)c1ccc([C@H]2CCCNC2)cc1. The van der Waals surface area contributed by atoms with Gasteiger partial charge in [0, 0.05) is 25.1 Å². The number of benzene rings is 1. The highest BCUT2D eigenvalue weighted by atomic mass is 16.2. The number of piperidine rings is 1. The van der Waals surface area contributed by atoms with E-state index < -0.39 is 0 Å². The molecule has 1 atom stereocenters. The van der Waals surface area contributed by atoms with Gasteiger partial charge in [-0.15, -0.1) is 0 Å². The van der Waals surface area contributed by atoms with E-state index in [9.17, 15) is 4.79 Å². The second-order valence-corrected chi connectivity index (χ2v) is 7.42. The van der Waals surface area contributed by atoms with Gasteiger partial charge in [0.05, 0.1) is 17.9 Å². The minimum Gasteiger partial charge on any atom is -0.336 e. The minimum absolute atomic E-state index is 0.0518. The zero-order valence-corrected chi connectivity index (χ0v) is 14.8. The molecule has 2 aromatic rings. The van der Waals surface area contributed by atoms with Crippen molar-refractivity contribution in [3.63, 3.8) is 0 Å². The van der Waals surface area contributed by atoms with Crippen LogP contribution < -0.4 is 5.32 Å². The number of carbonyl (C=O) groups excluding carboxylic acids is 1. The molecule has 0 spiro atoms. The maximum Gasteiger partial charge on any atom is 0.253 e. The molecule has 2 heterocycles. The summed E-state index contributed by atoms with van der Waals surface area (Å²) in [5.41, 5.74) is 4.22. The highest BCUT2D eigenvalue weighted by Crippen LogP contribution is 2.39. The van der Waals surface area contributed by atoms with Crippen molar-refractivity contribution in [2.24, 2.45) is 0 Å². The molecule has 0 radical (unpaired) electrons. The lowest BCUT2D eigenvalue weighted by molar-refractivity contribution is 0.0783. The van der Waals surface area contributed by atoms with Crippen LogP contribution in [0.2, 0.25) is 0 Å². The number of rotatable bonds is 5. The Labute approximate surface area is 148 Å². The van der Waals surface area contributed by atoms with Crippen LogP contribution in [0.15, 0.2) is 30.3 Å². The molecule has 25 heavy (non-hydrogen) atoms. The lowest BCUT2D eigenvalue weighted by atomic mass is 9.91. The maximum absolute atomic E-state index is 12.7. The van der Waals surface area contributed by atoms with Gasteiger partial charge in [-0.05, 0) is 61.9 Å².